The van der Waals surface area contributed by atoms with Gasteiger partial charge in [-0.05, 0) is 57.4 Å². The Kier molecular flexibility index (Phi) is 6.36. The van der Waals surface area contributed by atoms with Crippen LogP contribution >= 0.6 is 11.8 Å². The second-order valence-corrected chi connectivity index (χ2v) is 9.75. The number of likely N-dealkylation sites (tertiary alicyclic amines) is 1. The molecule has 1 N–H and O–H groups in total. The highest BCUT2D eigenvalue weighted by Crippen LogP contribution is 2.34. The van der Waals surface area contributed by atoms with E-state index in [1.807, 2.05) is 33.7 Å². The van der Waals surface area contributed by atoms with Gasteiger partial charge in [0.1, 0.15) is 6.54 Å². The number of para-hydroxylation sites is 2. The zero-order chi connectivity index (χ0) is 23.7. The number of aromatic nitrogens is 2. The highest BCUT2D eigenvalue weighted by atomic mass is 32.2. The van der Waals surface area contributed by atoms with E-state index in [2.05, 4.69) is 19.2 Å². The number of nitrogens with one attached hydrogen (secondary N) is 1. The first-order valence-corrected chi connectivity index (χ1v) is 12.6. The van der Waals surface area contributed by atoms with Crippen molar-refractivity contribution >= 4 is 40.3 Å². The quantitative estimate of drug-likeness (QED) is 0.530. The standard InChI is InChI=1S/C25H28N4O4S/c1-16-6-5-7-17(2)29(16)24(31)13-28-20-9-4-3-8-19(20)27-25(28)34-14-23(30)26-18-10-11-21-22(12-18)33-15-32-21/h3-4,8-12,16-17H,5-7,13-15H2,1-2H3,(H,26,30)/t16-,17-/m1/s1. The zero-order valence-corrected chi connectivity index (χ0v) is 20.1. The van der Waals surface area contributed by atoms with Crippen molar-refractivity contribution in [2.24, 2.45) is 0 Å². The molecule has 0 spiro atoms. The molecule has 5 rings (SSSR count). The highest BCUT2D eigenvalue weighted by molar-refractivity contribution is 7.99. The molecule has 34 heavy (non-hydrogen) atoms. The van der Waals surface area contributed by atoms with Crippen LogP contribution in [0.4, 0.5) is 5.69 Å². The summed E-state index contributed by atoms with van der Waals surface area (Å²) < 4.78 is 12.6. The average molecular weight is 481 g/mol. The maximum Gasteiger partial charge on any atom is 0.243 e. The van der Waals surface area contributed by atoms with Crippen molar-refractivity contribution in [2.75, 3.05) is 17.9 Å². The number of piperidine rings is 1. The third kappa shape index (κ3) is 4.57. The first kappa shape index (κ1) is 22.6. The third-order valence-corrected chi connectivity index (χ3v) is 7.36. The van der Waals surface area contributed by atoms with E-state index >= 15 is 0 Å². The molecule has 0 bridgehead atoms. The molecule has 2 amide bonds. The predicted molar refractivity (Wildman–Crippen MR) is 131 cm³/mol. The topological polar surface area (TPSA) is 85.7 Å². The number of hydrogen-bond donors (Lipinski definition) is 1. The van der Waals surface area contributed by atoms with Crippen LogP contribution in [0.15, 0.2) is 47.6 Å². The van der Waals surface area contributed by atoms with Crippen molar-refractivity contribution in [2.45, 2.75) is 56.9 Å². The summed E-state index contributed by atoms with van der Waals surface area (Å²) in [7, 11) is 0. The molecule has 9 heteroatoms. The van der Waals surface area contributed by atoms with Crippen LogP contribution in [0.1, 0.15) is 33.1 Å². The van der Waals surface area contributed by atoms with Gasteiger partial charge in [-0.1, -0.05) is 23.9 Å². The van der Waals surface area contributed by atoms with Crippen molar-refractivity contribution in [3.8, 4) is 11.5 Å². The maximum atomic E-state index is 13.3. The number of carbonyl (C=O) groups is 2. The number of hydrogen-bond acceptors (Lipinski definition) is 6. The Balaban J connectivity index is 1.30. The SMILES string of the molecule is C[C@@H]1CCC[C@@H](C)N1C(=O)Cn1c(SCC(=O)Nc2ccc3c(c2)OCO3)nc2ccccc21. The van der Waals surface area contributed by atoms with Crippen molar-refractivity contribution in [1.82, 2.24) is 14.5 Å². The van der Waals surface area contributed by atoms with Gasteiger partial charge in [0.15, 0.2) is 16.7 Å². The fourth-order valence-corrected chi connectivity index (χ4v) is 5.56. The molecular formula is C25H28N4O4S. The Bertz CT molecular complexity index is 1220. The highest BCUT2D eigenvalue weighted by Gasteiger charge is 2.29. The van der Waals surface area contributed by atoms with E-state index in [9.17, 15) is 9.59 Å². The van der Waals surface area contributed by atoms with Gasteiger partial charge in [0.05, 0.1) is 16.8 Å². The van der Waals surface area contributed by atoms with E-state index in [4.69, 9.17) is 14.5 Å². The fourth-order valence-electron chi connectivity index (χ4n) is 4.75. The smallest absolute Gasteiger partial charge is 0.243 e. The first-order valence-electron chi connectivity index (χ1n) is 11.6. The Hall–Kier alpha value is -3.20. The van der Waals surface area contributed by atoms with Crippen LogP contribution in [0.5, 0.6) is 11.5 Å². The number of anilines is 1. The summed E-state index contributed by atoms with van der Waals surface area (Å²) in [5.41, 5.74) is 2.35. The zero-order valence-electron chi connectivity index (χ0n) is 19.3. The molecule has 178 valence electrons. The number of fused-ring (bicyclic) bond motifs is 2. The monoisotopic (exact) mass is 480 g/mol. The van der Waals surface area contributed by atoms with Gasteiger partial charge in [0, 0.05) is 23.8 Å². The van der Waals surface area contributed by atoms with E-state index in [1.165, 1.54) is 11.8 Å². The van der Waals surface area contributed by atoms with Crippen LogP contribution in [-0.4, -0.2) is 50.9 Å². The molecule has 2 aromatic carbocycles. The maximum absolute atomic E-state index is 13.3. The van der Waals surface area contributed by atoms with Gasteiger partial charge < -0.3 is 24.3 Å². The summed E-state index contributed by atoms with van der Waals surface area (Å²) >= 11 is 1.33. The van der Waals surface area contributed by atoms with Gasteiger partial charge in [0.2, 0.25) is 18.6 Å². The lowest BCUT2D eigenvalue weighted by atomic mass is 9.97. The second kappa shape index (κ2) is 9.58. The van der Waals surface area contributed by atoms with Crippen LogP contribution < -0.4 is 14.8 Å². The molecule has 2 aliphatic heterocycles. The molecule has 8 nitrogen and oxygen atoms in total. The van der Waals surface area contributed by atoms with Gasteiger partial charge in [-0.2, -0.15) is 0 Å². The molecule has 2 atom stereocenters. The summed E-state index contributed by atoms with van der Waals surface area (Å²) in [6.45, 7) is 4.64. The van der Waals surface area contributed by atoms with Crippen LogP contribution in [0, 0.1) is 0 Å². The number of ether oxygens (including phenoxy) is 2. The lowest BCUT2D eigenvalue weighted by molar-refractivity contribution is -0.138. The number of nitrogens with zero attached hydrogens (tertiary/aromatic N) is 3. The molecule has 3 heterocycles. The summed E-state index contributed by atoms with van der Waals surface area (Å²) in [6, 6.07) is 13.5. The molecule has 1 aromatic heterocycles. The molecule has 1 fully saturated rings. The Morgan fingerprint density at radius 3 is 2.68 bits per heavy atom. The minimum atomic E-state index is -0.160. The van der Waals surface area contributed by atoms with Crippen molar-refractivity contribution < 1.29 is 19.1 Å². The van der Waals surface area contributed by atoms with Crippen LogP contribution in [0.25, 0.3) is 11.0 Å². The van der Waals surface area contributed by atoms with Gasteiger partial charge in [-0.25, -0.2) is 4.98 Å². The summed E-state index contributed by atoms with van der Waals surface area (Å²) in [6.07, 6.45) is 3.21. The van der Waals surface area contributed by atoms with E-state index in [-0.39, 0.29) is 43.0 Å². The van der Waals surface area contributed by atoms with E-state index in [0.717, 1.165) is 30.3 Å². The number of rotatable bonds is 6. The summed E-state index contributed by atoms with van der Waals surface area (Å²) in [5.74, 6) is 1.39. The van der Waals surface area contributed by atoms with Crippen molar-refractivity contribution in [1.29, 1.82) is 0 Å². The lowest BCUT2D eigenvalue weighted by Gasteiger charge is -2.39. The third-order valence-electron chi connectivity index (χ3n) is 6.38. The molecule has 3 aromatic rings. The first-order chi connectivity index (χ1) is 16.5. The van der Waals surface area contributed by atoms with Gasteiger partial charge >= 0.3 is 0 Å². The van der Waals surface area contributed by atoms with Gasteiger partial charge in [-0.3, -0.25) is 9.59 Å². The van der Waals surface area contributed by atoms with Crippen molar-refractivity contribution in [3.63, 3.8) is 0 Å². The average Bonchev–Trinajstić information content (AvgIpc) is 3.42. The number of benzene rings is 2. The van der Waals surface area contributed by atoms with Crippen LogP contribution in [0.2, 0.25) is 0 Å². The van der Waals surface area contributed by atoms with Crippen LogP contribution in [-0.2, 0) is 16.1 Å². The minimum absolute atomic E-state index is 0.0921. The predicted octanol–water partition coefficient (Wildman–Crippen LogP) is 4.29. The molecule has 0 unspecified atom stereocenters. The Labute approximate surface area is 202 Å². The molecule has 0 radical (unpaired) electrons. The fraction of sp³-hybridized carbons (Fsp3) is 0.400. The minimum Gasteiger partial charge on any atom is -0.454 e. The normalized spacial score (nSPS) is 19.4. The molecule has 2 aliphatic rings. The van der Waals surface area contributed by atoms with E-state index in [0.29, 0.717) is 22.3 Å². The second-order valence-electron chi connectivity index (χ2n) is 8.80. The number of imidazole rings is 1. The van der Waals surface area contributed by atoms with Crippen molar-refractivity contribution in [3.05, 3.63) is 42.5 Å². The molecular weight excluding hydrogens is 452 g/mol. The van der Waals surface area contributed by atoms with Gasteiger partial charge in [0.25, 0.3) is 0 Å². The number of carbonyl (C=O) groups excluding carboxylic acids is 2. The largest absolute Gasteiger partial charge is 0.454 e. The number of thioether (sulfide) groups is 1. The molecule has 0 saturated carbocycles. The number of amides is 2. The molecule has 0 aliphatic carbocycles. The summed E-state index contributed by atoms with van der Waals surface area (Å²) in [5, 5.41) is 3.55. The van der Waals surface area contributed by atoms with E-state index < -0.39 is 0 Å². The summed E-state index contributed by atoms with van der Waals surface area (Å²) in [4.78, 5) is 32.7. The van der Waals surface area contributed by atoms with E-state index in [1.54, 1.807) is 18.2 Å². The van der Waals surface area contributed by atoms with Gasteiger partial charge in [-0.15, -0.1) is 0 Å². The molecule has 1 saturated heterocycles. The Morgan fingerprint density at radius 2 is 1.85 bits per heavy atom. The van der Waals surface area contributed by atoms with Crippen LogP contribution in [0.3, 0.4) is 0 Å². The Morgan fingerprint density at radius 1 is 1.09 bits per heavy atom. The lowest BCUT2D eigenvalue weighted by Crippen LogP contribution is -2.48.